The SMILES string of the molecule is CC=CCC(CNC(=O)OCC)(Oc1cccc(CN2CCCCC2)c1)SCC(N)=O. The summed E-state index contributed by atoms with van der Waals surface area (Å²) in [6.07, 6.45) is 7.63. The van der Waals surface area contributed by atoms with Gasteiger partial charge in [0.25, 0.3) is 0 Å². The number of nitrogens with zero attached hydrogens (tertiary/aromatic N) is 1. The first-order valence-corrected chi connectivity index (χ1v) is 11.9. The first kappa shape index (κ1) is 25.1. The largest absolute Gasteiger partial charge is 0.474 e. The molecule has 1 aliphatic heterocycles. The molecular formula is C23H35N3O4S. The van der Waals surface area contributed by atoms with Crippen molar-refractivity contribution >= 4 is 23.8 Å². The van der Waals surface area contributed by atoms with Crippen LogP contribution in [0.15, 0.2) is 36.4 Å². The Morgan fingerprint density at radius 1 is 1.29 bits per heavy atom. The second kappa shape index (κ2) is 13.3. The number of alkyl carbamates (subject to hydrolysis) is 1. The quantitative estimate of drug-likeness (QED) is 0.373. The highest BCUT2D eigenvalue weighted by Gasteiger charge is 2.34. The number of ether oxygens (including phenoxy) is 2. The van der Waals surface area contributed by atoms with Crippen LogP contribution < -0.4 is 15.8 Å². The molecule has 0 radical (unpaired) electrons. The Labute approximate surface area is 189 Å². The summed E-state index contributed by atoms with van der Waals surface area (Å²) in [5, 5.41) is 2.76. The molecule has 7 nitrogen and oxygen atoms in total. The van der Waals surface area contributed by atoms with Gasteiger partial charge in [-0.2, -0.15) is 0 Å². The van der Waals surface area contributed by atoms with E-state index in [1.54, 1.807) is 6.92 Å². The monoisotopic (exact) mass is 449 g/mol. The third kappa shape index (κ3) is 9.23. The van der Waals surface area contributed by atoms with Crippen LogP contribution >= 0.6 is 11.8 Å². The summed E-state index contributed by atoms with van der Waals surface area (Å²) in [5.74, 6) is 0.338. The van der Waals surface area contributed by atoms with Gasteiger partial charge in [-0.15, -0.1) is 11.8 Å². The second-order valence-corrected chi connectivity index (χ2v) is 8.92. The van der Waals surface area contributed by atoms with Crippen molar-refractivity contribution in [3.63, 3.8) is 0 Å². The molecule has 0 bridgehead atoms. The van der Waals surface area contributed by atoms with Crippen LogP contribution in [0.2, 0.25) is 0 Å². The molecule has 1 heterocycles. The van der Waals surface area contributed by atoms with E-state index in [9.17, 15) is 9.59 Å². The first-order chi connectivity index (χ1) is 15.0. The number of rotatable bonds is 12. The van der Waals surface area contributed by atoms with E-state index in [0.29, 0.717) is 12.2 Å². The molecule has 1 saturated heterocycles. The summed E-state index contributed by atoms with van der Waals surface area (Å²) in [4.78, 5) is 25.0. The van der Waals surface area contributed by atoms with Gasteiger partial charge in [0.15, 0.2) is 4.93 Å². The Bertz CT molecular complexity index is 737. The molecule has 2 rings (SSSR count). The van der Waals surface area contributed by atoms with Gasteiger partial charge < -0.3 is 20.5 Å². The standard InChI is InChI=1S/C23H35N3O4S/c1-3-5-12-23(31-17-21(24)27,18-25-22(28)29-4-2)30-20-11-9-10-19(15-20)16-26-13-7-6-8-14-26/h3,5,9-11,15H,4,6-8,12-14,16-18H2,1-2H3,(H2,24,27)(H,25,28). The topological polar surface area (TPSA) is 93.9 Å². The van der Waals surface area contributed by atoms with E-state index in [-0.39, 0.29) is 18.9 Å². The lowest BCUT2D eigenvalue weighted by Crippen LogP contribution is -2.45. The number of carbonyl (C=O) groups is 2. The fourth-order valence-electron chi connectivity index (χ4n) is 3.48. The maximum atomic E-state index is 11.9. The van der Waals surface area contributed by atoms with Crippen LogP contribution in [0.4, 0.5) is 4.79 Å². The summed E-state index contributed by atoms with van der Waals surface area (Å²) in [6.45, 7) is 7.24. The van der Waals surface area contributed by atoms with Crippen molar-refractivity contribution in [1.82, 2.24) is 10.2 Å². The molecule has 31 heavy (non-hydrogen) atoms. The summed E-state index contributed by atoms with van der Waals surface area (Å²) >= 11 is 1.28. The molecule has 1 atom stereocenters. The van der Waals surface area contributed by atoms with Crippen molar-refractivity contribution in [2.24, 2.45) is 5.73 Å². The molecule has 1 aromatic rings. The smallest absolute Gasteiger partial charge is 0.407 e. The molecule has 1 aliphatic rings. The number of amides is 2. The third-order valence-corrected chi connectivity index (χ3v) is 6.33. The van der Waals surface area contributed by atoms with Crippen LogP contribution in [0, 0.1) is 0 Å². The van der Waals surface area contributed by atoms with Crippen LogP contribution in [0.25, 0.3) is 0 Å². The fourth-order valence-corrected chi connectivity index (χ4v) is 4.42. The van der Waals surface area contributed by atoms with E-state index in [2.05, 4.69) is 16.3 Å². The molecular weight excluding hydrogens is 414 g/mol. The Morgan fingerprint density at radius 2 is 2.06 bits per heavy atom. The Balaban J connectivity index is 2.19. The lowest BCUT2D eigenvalue weighted by atomic mass is 10.1. The molecule has 1 aromatic carbocycles. The molecule has 8 heteroatoms. The Kier molecular flexibility index (Phi) is 10.7. The molecule has 0 spiro atoms. The lowest BCUT2D eigenvalue weighted by molar-refractivity contribution is -0.115. The van der Waals surface area contributed by atoms with Crippen molar-refractivity contribution in [1.29, 1.82) is 0 Å². The van der Waals surface area contributed by atoms with Crippen LogP contribution in [0.5, 0.6) is 5.75 Å². The van der Waals surface area contributed by atoms with Gasteiger partial charge in [0.05, 0.1) is 18.9 Å². The van der Waals surface area contributed by atoms with Crippen molar-refractivity contribution in [3.8, 4) is 5.75 Å². The highest BCUT2D eigenvalue weighted by molar-refractivity contribution is 8.01. The van der Waals surface area contributed by atoms with E-state index in [1.165, 1.54) is 36.6 Å². The number of hydrogen-bond acceptors (Lipinski definition) is 6. The maximum absolute atomic E-state index is 11.9. The van der Waals surface area contributed by atoms with E-state index in [1.807, 2.05) is 37.3 Å². The van der Waals surface area contributed by atoms with Gasteiger partial charge in [0.2, 0.25) is 5.91 Å². The molecule has 1 unspecified atom stereocenters. The molecule has 1 fully saturated rings. The minimum atomic E-state index is -0.891. The highest BCUT2D eigenvalue weighted by Crippen LogP contribution is 2.33. The number of piperidine rings is 1. The fraction of sp³-hybridized carbons (Fsp3) is 0.565. The number of allylic oxidation sites excluding steroid dienone is 1. The number of primary amides is 1. The molecule has 0 aliphatic carbocycles. The maximum Gasteiger partial charge on any atom is 0.407 e. The predicted octanol–water partition coefficient (Wildman–Crippen LogP) is 3.68. The first-order valence-electron chi connectivity index (χ1n) is 10.9. The number of likely N-dealkylation sites (tertiary alicyclic amines) is 1. The number of thioether (sulfide) groups is 1. The molecule has 0 saturated carbocycles. The van der Waals surface area contributed by atoms with E-state index >= 15 is 0 Å². The summed E-state index contributed by atoms with van der Waals surface area (Å²) in [6, 6.07) is 8.02. The summed E-state index contributed by atoms with van der Waals surface area (Å²) in [5.41, 5.74) is 6.58. The average Bonchev–Trinajstić information content (AvgIpc) is 2.76. The van der Waals surface area contributed by atoms with Crippen molar-refractivity contribution in [3.05, 3.63) is 42.0 Å². The molecule has 172 valence electrons. The van der Waals surface area contributed by atoms with Gasteiger partial charge in [-0.1, -0.05) is 30.7 Å². The van der Waals surface area contributed by atoms with Crippen LogP contribution in [-0.2, 0) is 16.1 Å². The van der Waals surface area contributed by atoms with Crippen molar-refractivity contribution in [2.75, 3.05) is 32.0 Å². The minimum absolute atomic E-state index is 0.0789. The Morgan fingerprint density at radius 3 is 2.74 bits per heavy atom. The number of carbonyl (C=O) groups excluding carboxylic acids is 2. The molecule has 0 aromatic heterocycles. The zero-order valence-corrected chi connectivity index (χ0v) is 19.4. The van der Waals surface area contributed by atoms with E-state index < -0.39 is 16.9 Å². The Hall–Kier alpha value is -2.19. The molecule has 2 amide bonds. The van der Waals surface area contributed by atoms with Crippen molar-refractivity contribution < 1.29 is 19.1 Å². The van der Waals surface area contributed by atoms with Crippen LogP contribution in [0.1, 0.15) is 45.1 Å². The number of benzene rings is 1. The van der Waals surface area contributed by atoms with Gasteiger partial charge in [0.1, 0.15) is 5.75 Å². The lowest BCUT2D eigenvalue weighted by Gasteiger charge is -2.33. The van der Waals surface area contributed by atoms with Gasteiger partial charge in [-0.3, -0.25) is 9.69 Å². The van der Waals surface area contributed by atoms with Gasteiger partial charge in [-0.25, -0.2) is 4.79 Å². The third-order valence-electron chi connectivity index (χ3n) is 4.98. The van der Waals surface area contributed by atoms with Crippen molar-refractivity contribution in [2.45, 2.75) is 51.0 Å². The zero-order valence-electron chi connectivity index (χ0n) is 18.6. The highest BCUT2D eigenvalue weighted by atomic mass is 32.2. The number of nitrogens with one attached hydrogen (secondary N) is 1. The number of hydrogen-bond donors (Lipinski definition) is 2. The van der Waals surface area contributed by atoms with Crippen LogP contribution in [0.3, 0.4) is 0 Å². The van der Waals surface area contributed by atoms with E-state index in [0.717, 1.165) is 19.6 Å². The van der Waals surface area contributed by atoms with Gasteiger partial charge in [0, 0.05) is 13.0 Å². The van der Waals surface area contributed by atoms with Gasteiger partial charge in [-0.05, 0) is 57.5 Å². The molecule has 3 N–H and O–H groups in total. The van der Waals surface area contributed by atoms with E-state index in [4.69, 9.17) is 15.2 Å². The predicted molar refractivity (Wildman–Crippen MR) is 125 cm³/mol. The van der Waals surface area contributed by atoms with Crippen LogP contribution in [-0.4, -0.2) is 53.8 Å². The normalized spacial score (nSPS) is 16.6. The number of nitrogens with two attached hydrogens (primary N) is 1. The summed E-state index contributed by atoms with van der Waals surface area (Å²) < 4.78 is 11.4. The second-order valence-electron chi connectivity index (χ2n) is 7.60. The summed E-state index contributed by atoms with van der Waals surface area (Å²) in [7, 11) is 0. The average molecular weight is 450 g/mol. The van der Waals surface area contributed by atoms with Gasteiger partial charge >= 0.3 is 6.09 Å². The zero-order chi connectivity index (χ0) is 22.5. The minimum Gasteiger partial charge on any atom is -0.474 e.